The van der Waals surface area contributed by atoms with E-state index in [1.165, 1.54) is 11.1 Å². The molecule has 3 aromatic rings. The first-order valence-corrected chi connectivity index (χ1v) is 21.6. The number of anilines is 1. The first-order chi connectivity index (χ1) is 29.8. The highest BCUT2D eigenvalue weighted by molar-refractivity contribution is 6.31. The summed E-state index contributed by atoms with van der Waals surface area (Å²) < 4.78 is 12.0. The molecule has 2 aliphatic rings. The fourth-order valence-corrected chi connectivity index (χ4v) is 8.88. The van der Waals surface area contributed by atoms with E-state index in [2.05, 4.69) is 60.0 Å². The van der Waals surface area contributed by atoms with Crippen molar-refractivity contribution in [3.8, 4) is 17.9 Å². The average Bonchev–Trinajstić information content (AvgIpc) is 3.65. The zero-order valence-electron chi connectivity index (χ0n) is 37.1. The molecule has 2 fully saturated rings. The van der Waals surface area contributed by atoms with Gasteiger partial charge in [0.15, 0.2) is 0 Å². The summed E-state index contributed by atoms with van der Waals surface area (Å²) in [4.78, 5) is 58.8. The van der Waals surface area contributed by atoms with Gasteiger partial charge < -0.3 is 40.7 Å². The van der Waals surface area contributed by atoms with E-state index in [9.17, 15) is 29.5 Å². The molecule has 0 spiro atoms. The lowest BCUT2D eigenvalue weighted by Gasteiger charge is -2.63. The average molecular weight is 883 g/mol. The predicted octanol–water partition coefficient (Wildman–Crippen LogP) is 5.50. The van der Waals surface area contributed by atoms with Crippen LogP contribution >= 0.6 is 11.6 Å². The van der Waals surface area contributed by atoms with Crippen molar-refractivity contribution < 1.29 is 33.8 Å². The van der Waals surface area contributed by atoms with Crippen LogP contribution in [0.3, 0.4) is 0 Å². The maximum atomic E-state index is 13.8. The standard InChI is InChI=1S/C47H59ClN8O7/c1-45(2,3)39(42(61)56-27-34(57)21-37(56)41(60)53-26-33-15-11-29(23-49)25-52-33)54-38(58)28-62-20-10-8-9-19-51-32-16-12-30(13-17-32)40(59)55-43-46(4,5)44(47(43,6)7)63-35-18-14-31(24-50)36(48)22-35/h11-18,22,25,34,37,39,43-44,51,57H,8-10,19-21,26-28H2,1-7H3,(H,53,60)(H,54,58)(H,55,59)/t34-,37+,39?,43?,44?/m1/s1. The molecule has 5 rings (SSSR count). The zero-order chi connectivity index (χ0) is 46.1. The number of aliphatic hydroxyl groups is 1. The molecule has 0 bridgehead atoms. The zero-order valence-corrected chi connectivity index (χ0v) is 37.8. The van der Waals surface area contributed by atoms with Crippen LogP contribution in [0.25, 0.3) is 0 Å². The van der Waals surface area contributed by atoms with E-state index in [0.717, 1.165) is 24.9 Å². The quantitative estimate of drug-likeness (QED) is 0.101. The highest BCUT2D eigenvalue weighted by atomic mass is 35.5. The molecule has 0 radical (unpaired) electrons. The van der Waals surface area contributed by atoms with E-state index >= 15 is 0 Å². The molecule has 1 unspecified atom stereocenters. The van der Waals surface area contributed by atoms with Crippen molar-refractivity contribution in [3.05, 3.63) is 88.2 Å². The number of ether oxygens (including phenoxy) is 2. The smallest absolute Gasteiger partial charge is 0.251 e. The monoisotopic (exact) mass is 882 g/mol. The van der Waals surface area contributed by atoms with Crippen LogP contribution in [0, 0.1) is 38.9 Å². The minimum Gasteiger partial charge on any atom is -0.489 e. The molecule has 16 heteroatoms. The number of nitrogens with zero attached hydrogens (tertiary/aromatic N) is 4. The third-order valence-electron chi connectivity index (χ3n) is 11.8. The number of hydrogen-bond acceptors (Lipinski definition) is 11. The second kappa shape index (κ2) is 20.6. The van der Waals surface area contributed by atoms with Crippen LogP contribution in [-0.2, 0) is 25.7 Å². The van der Waals surface area contributed by atoms with Gasteiger partial charge in [0.2, 0.25) is 17.7 Å². The van der Waals surface area contributed by atoms with Crippen LogP contribution in [-0.4, -0.2) is 95.3 Å². The van der Waals surface area contributed by atoms with Crippen LogP contribution in [0.1, 0.15) is 101 Å². The third-order valence-corrected chi connectivity index (χ3v) is 12.1. The largest absolute Gasteiger partial charge is 0.489 e. The molecule has 2 aromatic carbocycles. The maximum absolute atomic E-state index is 13.8. The van der Waals surface area contributed by atoms with Gasteiger partial charge in [0, 0.05) is 66.5 Å². The number of pyridine rings is 1. The van der Waals surface area contributed by atoms with Crippen molar-refractivity contribution in [3.63, 3.8) is 0 Å². The summed E-state index contributed by atoms with van der Waals surface area (Å²) in [5.41, 5.74) is 1.28. The highest BCUT2D eigenvalue weighted by Gasteiger charge is 2.64. The summed E-state index contributed by atoms with van der Waals surface area (Å²) in [5.74, 6) is -0.971. The van der Waals surface area contributed by atoms with Gasteiger partial charge in [-0.3, -0.25) is 24.2 Å². The topological polar surface area (TPSA) is 219 Å². The SMILES string of the molecule is CC(C)(C)C(NC(=O)COCCCCCNc1ccc(C(=O)NC2C(C)(C)C(Oc3ccc(C#N)c(Cl)c3)C2(C)C)cc1)C(=O)N1C[C@H](O)C[C@H]1C(=O)NCc1ccc(C#N)cn1. The van der Waals surface area contributed by atoms with Crippen LogP contribution in [0.5, 0.6) is 5.75 Å². The molecule has 1 aliphatic carbocycles. The maximum Gasteiger partial charge on any atom is 0.251 e. The normalized spacial score (nSPS) is 20.3. The van der Waals surface area contributed by atoms with Crippen LogP contribution in [0.15, 0.2) is 60.8 Å². The second-order valence-electron chi connectivity index (χ2n) is 18.5. The van der Waals surface area contributed by atoms with Crippen LogP contribution in [0.2, 0.25) is 5.02 Å². The Morgan fingerprint density at radius 1 is 0.984 bits per heavy atom. The van der Waals surface area contributed by atoms with Gasteiger partial charge in [-0.1, -0.05) is 60.1 Å². The second-order valence-corrected chi connectivity index (χ2v) is 19.0. The molecule has 1 saturated heterocycles. The van der Waals surface area contributed by atoms with Crippen molar-refractivity contribution >= 4 is 40.9 Å². The molecule has 5 N–H and O–H groups in total. The number of nitrogens with one attached hydrogen (secondary N) is 4. The number of amides is 4. The first kappa shape index (κ1) is 48.3. The van der Waals surface area contributed by atoms with Gasteiger partial charge in [0.05, 0.1) is 34.5 Å². The molecule has 4 amide bonds. The summed E-state index contributed by atoms with van der Waals surface area (Å²) in [6.07, 6.45) is 2.78. The number of aliphatic hydroxyl groups excluding tert-OH is 1. The summed E-state index contributed by atoms with van der Waals surface area (Å²) in [7, 11) is 0. The fraction of sp³-hybridized carbons (Fsp3) is 0.511. The molecule has 1 saturated carbocycles. The number of likely N-dealkylation sites (tertiary alicyclic amines) is 1. The summed E-state index contributed by atoms with van der Waals surface area (Å²) in [5, 5.41) is 41.1. The summed E-state index contributed by atoms with van der Waals surface area (Å²) in [6.45, 7) is 14.6. The predicted molar refractivity (Wildman–Crippen MR) is 237 cm³/mol. The first-order valence-electron chi connectivity index (χ1n) is 21.3. The number of aromatic nitrogens is 1. The number of carbonyl (C=O) groups excluding carboxylic acids is 4. The van der Waals surface area contributed by atoms with Gasteiger partial charge in [-0.15, -0.1) is 0 Å². The molecule has 63 heavy (non-hydrogen) atoms. The Hall–Kier alpha value is -5.74. The van der Waals surface area contributed by atoms with Crippen LogP contribution < -0.4 is 26.0 Å². The highest BCUT2D eigenvalue weighted by Crippen LogP contribution is 2.55. The molecule has 3 atom stereocenters. The minimum atomic E-state index is -0.971. The van der Waals surface area contributed by atoms with Crippen molar-refractivity contribution in [2.24, 2.45) is 16.2 Å². The Kier molecular flexibility index (Phi) is 15.8. The summed E-state index contributed by atoms with van der Waals surface area (Å²) in [6, 6.07) is 17.6. The van der Waals surface area contributed by atoms with Gasteiger partial charge >= 0.3 is 0 Å². The number of carbonyl (C=O) groups is 4. The lowest BCUT2D eigenvalue weighted by atomic mass is 9.49. The number of unbranched alkanes of at least 4 members (excludes halogenated alkanes) is 2. The van der Waals surface area contributed by atoms with Gasteiger partial charge in [0.1, 0.15) is 42.7 Å². The van der Waals surface area contributed by atoms with Crippen molar-refractivity contribution in [2.45, 2.75) is 111 Å². The number of halogens is 1. The van der Waals surface area contributed by atoms with Gasteiger partial charge in [-0.05, 0) is 73.2 Å². The minimum absolute atomic E-state index is 0.0434. The van der Waals surface area contributed by atoms with E-state index in [4.69, 9.17) is 26.3 Å². The Morgan fingerprint density at radius 2 is 1.70 bits per heavy atom. The molecular formula is C47H59ClN8O7. The molecular weight excluding hydrogens is 824 g/mol. The third kappa shape index (κ3) is 12.0. The molecule has 2 heterocycles. The molecule has 1 aliphatic heterocycles. The Balaban J connectivity index is 0.991. The van der Waals surface area contributed by atoms with Crippen molar-refractivity contribution in [2.75, 3.05) is 31.6 Å². The van der Waals surface area contributed by atoms with E-state index in [-0.39, 0.29) is 55.0 Å². The fourth-order valence-electron chi connectivity index (χ4n) is 8.67. The van der Waals surface area contributed by atoms with Crippen LogP contribution in [0.4, 0.5) is 5.69 Å². The lowest BCUT2D eigenvalue weighted by Crippen LogP contribution is -2.74. The van der Waals surface area contributed by atoms with Gasteiger partial charge in [0.25, 0.3) is 5.91 Å². The Bertz CT molecular complexity index is 2180. The number of nitriles is 2. The Morgan fingerprint density at radius 3 is 2.32 bits per heavy atom. The lowest BCUT2D eigenvalue weighted by molar-refractivity contribution is -0.164. The molecule has 336 valence electrons. The van der Waals surface area contributed by atoms with E-state index in [0.29, 0.717) is 46.3 Å². The number of hydrogen-bond donors (Lipinski definition) is 5. The van der Waals surface area contributed by atoms with Crippen molar-refractivity contribution in [1.82, 2.24) is 25.8 Å². The van der Waals surface area contributed by atoms with Gasteiger partial charge in [-0.2, -0.15) is 10.5 Å². The molecule has 15 nitrogen and oxygen atoms in total. The number of benzene rings is 2. The summed E-state index contributed by atoms with van der Waals surface area (Å²) >= 11 is 6.23. The van der Waals surface area contributed by atoms with E-state index in [1.54, 1.807) is 42.5 Å². The van der Waals surface area contributed by atoms with Gasteiger partial charge in [-0.25, -0.2) is 0 Å². The number of β-amino-alcohol motifs (C(OH)–C–C–N with tert-alkyl or cyclic N) is 1. The molecule has 1 aromatic heterocycles. The number of rotatable bonds is 18. The Labute approximate surface area is 374 Å². The van der Waals surface area contributed by atoms with E-state index in [1.807, 2.05) is 39.0 Å². The van der Waals surface area contributed by atoms with Crippen molar-refractivity contribution in [1.29, 1.82) is 10.5 Å². The van der Waals surface area contributed by atoms with E-state index < -0.39 is 41.3 Å².